The van der Waals surface area contributed by atoms with E-state index in [0.717, 1.165) is 12.8 Å². The highest BCUT2D eigenvalue weighted by molar-refractivity contribution is 5.87. The van der Waals surface area contributed by atoms with E-state index < -0.39 is 17.7 Å². The predicted octanol–water partition coefficient (Wildman–Crippen LogP) is 1.15. The summed E-state index contributed by atoms with van der Waals surface area (Å²) in [6, 6.07) is -0.428. The van der Waals surface area contributed by atoms with Crippen LogP contribution in [0.25, 0.3) is 0 Å². The number of hydrogen-bond donors (Lipinski definition) is 1. The van der Waals surface area contributed by atoms with Gasteiger partial charge in [-0.3, -0.25) is 9.69 Å². The topological polar surface area (TPSA) is 67.9 Å². The van der Waals surface area contributed by atoms with Crippen molar-refractivity contribution >= 4 is 12.0 Å². The summed E-state index contributed by atoms with van der Waals surface area (Å²) >= 11 is 0. The third kappa shape index (κ3) is 3.62. The first kappa shape index (κ1) is 15.1. The Morgan fingerprint density at radius 2 is 2.00 bits per heavy atom. The molecule has 114 valence electrons. The Kier molecular flexibility index (Phi) is 4.52. The number of piperazine rings is 1. The molecule has 2 aliphatic rings. The summed E-state index contributed by atoms with van der Waals surface area (Å²) in [7, 11) is 0. The number of hydrogen-bond acceptors (Lipinski definition) is 4. The smallest absolute Gasteiger partial charge is 0.411 e. The second-order valence-electron chi connectivity index (χ2n) is 6.36. The molecule has 0 saturated carbocycles. The molecular weight excluding hydrogens is 260 g/mol. The van der Waals surface area contributed by atoms with E-state index in [1.54, 1.807) is 4.90 Å². The largest absolute Gasteiger partial charge is 0.444 e. The molecule has 1 atom stereocenters. The van der Waals surface area contributed by atoms with Crippen molar-refractivity contribution < 1.29 is 19.1 Å². The molecule has 2 saturated heterocycles. The van der Waals surface area contributed by atoms with Gasteiger partial charge in [0.05, 0.1) is 0 Å². The van der Waals surface area contributed by atoms with Crippen LogP contribution in [-0.4, -0.2) is 54.8 Å². The zero-order valence-electron chi connectivity index (χ0n) is 12.5. The van der Waals surface area contributed by atoms with Crippen LogP contribution in [0.2, 0.25) is 0 Å². The molecule has 2 rings (SSSR count). The highest BCUT2D eigenvalue weighted by Gasteiger charge is 2.40. The number of nitrogens with one attached hydrogen (secondary N) is 1. The maximum absolute atomic E-state index is 12.3. The van der Waals surface area contributed by atoms with Gasteiger partial charge in [-0.25, -0.2) is 4.79 Å². The molecule has 0 aromatic carbocycles. The monoisotopic (exact) mass is 284 g/mol. The Balaban J connectivity index is 2.10. The average Bonchev–Trinajstić information content (AvgIpc) is 2.37. The van der Waals surface area contributed by atoms with E-state index in [4.69, 9.17) is 9.47 Å². The van der Waals surface area contributed by atoms with Gasteiger partial charge in [0.15, 0.2) is 0 Å². The van der Waals surface area contributed by atoms with Gasteiger partial charge in [-0.1, -0.05) is 0 Å². The number of amides is 2. The summed E-state index contributed by atoms with van der Waals surface area (Å²) in [5, 5.41) is 2.85. The van der Waals surface area contributed by atoms with E-state index in [2.05, 4.69) is 5.32 Å². The molecule has 0 radical (unpaired) electrons. The lowest BCUT2D eigenvalue weighted by molar-refractivity contribution is -0.132. The van der Waals surface area contributed by atoms with Crippen molar-refractivity contribution in [2.75, 3.05) is 26.3 Å². The molecule has 6 heteroatoms. The molecule has 2 fully saturated rings. The molecule has 0 spiro atoms. The minimum atomic E-state index is -0.550. The van der Waals surface area contributed by atoms with Crippen LogP contribution >= 0.6 is 0 Å². The second-order valence-corrected chi connectivity index (χ2v) is 6.36. The molecule has 1 N–H and O–H groups in total. The average molecular weight is 284 g/mol. The third-order valence-electron chi connectivity index (χ3n) is 3.60. The Bertz CT molecular complexity index is 372. The van der Waals surface area contributed by atoms with Crippen LogP contribution in [0, 0.1) is 5.92 Å². The van der Waals surface area contributed by atoms with Gasteiger partial charge in [0.2, 0.25) is 5.91 Å². The summed E-state index contributed by atoms with van der Waals surface area (Å²) in [6.45, 7) is 7.78. The zero-order chi connectivity index (χ0) is 14.8. The second kappa shape index (κ2) is 5.99. The number of nitrogens with zero attached hydrogens (tertiary/aromatic N) is 1. The number of carbonyl (C=O) groups is 2. The molecule has 0 aromatic rings. The van der Waals surface area contributed by atoms with Gasteiger partial charge in [0, 0.05) is 26.3 Å². The van der Waals surface area contributed by atoms with E-state index in [9.17, 15) is 9.59 Å². The minimum Gasteiger partial charge on any atom is -0.444 e. The fraction of sp³-hybridized carbons (Fsp3) is 0.857. The summed E-state index contributed by atoms with van der Waals surface area (Å²) in [6.07, 6.45) is 1.21. The van der Waals surface area contributed by atoms with Crippen LogP contribution in [-0.2, 0) is 14.3 Å². The van der Waals surface area contributed by atoms with Gasteiger partial charge in [-0.2, -0.15) is 0 Å². The first-order chi connectivity index (χ1) is 9.38. The summed E-state index contributed by atoms with van der Waals surface area (Å²) in [5.41, 5.74) is -0.550. The summed E-state index contributed by atoms with van der Waals surface area (Å²) in [5.74, 6) is 0.0746. The highest BCUT2D eigenvalue weighted by atomic mass is 16.6. The van der Waals surface area contributed by atoms with Crippen LogP contribution in [0.3, 0.4) is 0 Å². The van der Waals surface area contributed by atoms with Gasteiger partial charge in [-0.15, -0.1) is 0 Å². The number of carbonyl (C=O) groups excluding carboxylic acids is 2. The van der Waals surface area contributed by atoms with Crippen molar-refractivity contribution in [2.45, 2.75) is 45.3 Å². The standard InChI is InChI=1S/C14H24N2O4/c1-14(2,3)20-13(18)16-7-6-15-12(17)11(16)10-4-8-19-9-5-10/h10-11H,4-9H2,1-3H3,(H,15,17). The fourth-order valence-corrected chi connectivity index (χ4v) is 2.71. The van der Waals surface area contributed by atoms with Crippen molar-refractivity contribution in [3.8, 4) is 0 Å². The van der Waals surface area contributed by atoms with E-state index in [1.165, 1.54) is 0 Å². The Labute approximate surface area is 119 Å². The minimum absolute atomic E-state index is 0.0750. The normalized spacial score (nSPS) is 25.2. The Hall–Kier alpha value is -1.30. The molecule has 20 heavy (non-hydrogen) atoms. The molecule has 0 aliphatic carbocycles. The van der Waals surface area contributed by atoms with Gasteiger partial charge < -0.3 is 14.8 Å². The van der Waals surface area contributed by atoms with Gasteiger partial charge in [0.25, 0.3) is 0 Å². The number of rotatable bonds is 1. The predicted molar refractivity (Wildman–Crippen MR) is 73.3 cm³/mol. The van der Waals surface area contributed by atoms with Crippen molar-refractivity contribution in [2.24, 2.45) is 5.92 Å². The Morgan fingerprint density at radius 1 is 1.35 bits per heavy atom. The summed E-state index contributed by atoms with van der Waals surface area (Å²) < 4.78 is 10.8. The van der Waals surface area contributed by atoms with Crippen LogP contribution in [0.5, 0.6) is 0 Å². The first-order valence-corrected chi connectivity index (χ1v) is 7.23. The lowest BCUT2D eigenvalue weighted by Gasteiger charge is -2.40. The SMILES string of the molecule is CC(C)(C)OC(=O)N1CCNC(=O)C1C1CCOCC1. The van der Waals surface area contributed by atoms with E-state index >= 15 is 0 Å². The lowest BCUT2D eigenvalue weighted by atomic mass is 9.89. The van der Waals surface area contributed by atoms with Crippen molar-refractivity contribution in [3.05, 3.63) is 0 Å². The third-order valence-corrected chi connectivity index (χ3v) is 3.60. The molecule has 0 aromatic heterocycles. The van der Waals surface area contributed by atoms with E-state index in [1.807, 2.05) is 20.8 Å². The Morgan fingerprint density at radius 3 is 2.60 bits per heavy atom. The van der Waals surface area contributed by atoms with E-state index in [-0.39, 0.29) is 11.8 Å². The van der Waals surface area contributed by atoms with Crippen LogP contribution in [0.15, 0.2) is 0 Å². The van der Waals surface area contributed by atoms with Crippen molar-refractivity contribution in [1.29, 1.82) is 0 Å². The molecule has 2 amide bonds. The van der Waals surface area contributed by atoms with Crippen LogP contribution in [0.1, 0.15) is 33.6 Å². The maximum Gasteiger partial charge on any atom is 0.411 e. The van der Waals surface area contributed by atoms with Crippen LogP contribution < -0.4 is 5.32 Å². The molecule has 0 bridgehead atoms. The molecular formula is C14H24N2O4. The van der Waals surface area contributed by atoms with Crippen molar-refractivity contribution in [3.63, 3.8) is 0 Å². The first-order valence-electron chi connectivity index (χ1n) is 7.23. The number of ether oxygens (including phenoxy) is 2. The molecule has 2 heterocycles. The summed E-state index contributed by atoms with van der Waals surface area (Å²) in [4.78, 5) is 26.1. The van der Waals surface area contributed by atoms with Crippen molar-refractivity contribution in [1.82, 2.24) is 10.2 Å². The van der Waals surface area contributed by atoms with Crippen LogP contribution in [0.4, 0.5) is 4.79 Å². The quantitative estimate of drug-likeness (QED) is 0.784. The highest BCUT2D eigenvalue weighted by Crippen LogP contribution is 2.26. The maximum atomic E-state index is 12.3. The molecule has 6 nitrogen and oxygen atoms in total. The van der Waals surface area contributed by atoms with Gasteiger partial charge in [0.1, 0.15) is 11.6 Å². The molecule has 1 unspecified atom stereocenters. The van der Waals surface area contributed by atoms with E-state index in [0.29, 0.717) is 26.3 Å². The fourth-order valence-electron chi connectivity index (χ4n) is 2.71. The van der Waals surface area contributed by atoms with Gasteiger partial charge in [-0.05, 0) is 39.5 Å². The van der Waals surface area contributed by atoms with Gasteiger partial charge >= 0.3 is 6.09 Å². The lowest BCUT2D eigenvalue weighted by Crippen LogP contribution is -2.61. The zero-order valence-corrected chi connectivity index (χ0v) is 12.5. The molecule has 2 aliphatic heterocycles.